The Kier molecular flexibility index (Phi) is 3.48. The molecule has 1 fully saturated rings. The largest absolute Gasteiger partial charge is 0.320 e. The van der Waals surface area contributed by atoms with Gasteiger partial charge in [-0.2, -0.15) is 5.26 Å². The highest BCUT2D eigenvalue weighted by molar-refractivity contribution is 5.83. The van der Waals surface area contributed by atoms with Gasteiger partial charge in [0.15, 0.2) is 0 Å². The molecule has 90 valence electrons. The van der Waals surface area contributed by atoms with Crippen LogP contribution in [-0.2, 0) is 4.79 Å². The van der Waals surface area contributed by atoms with Crippen molar-refractivity contribution >= 4 is 5.91 Å². The fourth-order valence-electron chi connectivity index (χ4n) is 1.64. The normalized spacial score (nSPS) is 25.6. The Morgan fingerprint density at radius 1 is 1.62 bits per heavy atom. The van der Waals surface area contributed by atoms with Gasteiger partial charge in [-0.1, -0.05) is 13.8 Å². The first-order valence-corrected chi connectivity index (χ1v) is 5.12. The molecule has 1 amide bonds. The number of carbonyl (C=O) groups excluding carboxylic acids is 1. The molecular formula is C10H15F2N3O. The zero-order chi connectivity index (χ0) is 12.5. The highest BCUT2D eigenvalue weighted by Crippen LogP contribution is 2.32. The van der Waals surface area contributed by atoms with Crippen LogP contribution >= 0.6 is 0 Å². The van der Waals surface area contributed by atoms with E-state index in [1.807, 2.05) is 0 Å². The Morgan fingerprint density at radius 3 is 2.62 bits per heavy atom. The standard InChI is InChI=1S/C10H15F2N3O/c1-6(2)8(14)9(16)15-5-10(11,12)3-7(15)4-13/h6-8H,3,5,14H2,1-2H3/t7?,8-/m0/s1. The molecule has 2 N–H and O–H groups in total. The van der Waals surface area contributed by atoms with E-state index in [1.54, 1.807) is 19.9 Å². The van der Waals surface area contributed by atoms with Crippen LogP contribution < -0.4 is 5.73 Å². The van der Waals surface area contributed by atoms with Gasteiger partial charge in [-0.25, -0.2) is 8.78 Å². The molecule has 0 spiro atoms. The summed E-state index contributed by atoms with van der Waals surface area (Å²) in [5.41, 5.74) is 5.60. The molecule has 2 atom stereocenters. The zero-order valence-electron chi connectivity index (χ0n) is 9.28. The van der Waals surface area contributed by atoms with Crippen molar-refractivity contribution < 1.29 is 13.6 Å². The smallest absolute Gasteiger partial charge is 0.268 e. The molecule has 0 aliphatic carbocycles. The molecule has 6 heteroatoms. The molecule has 0 aromatic rings. The van der Waals surface area contributed by atoms with Gasteiger partial charge in [-0.15, -0.1) is 0 Å². The Balaban J connectivity index is 2.81. The van der Waals surface area contributed by atoms with E-state index in [-0.39, 0.29) is 5.92 Å². The Bertz CT molecular complexity index is 325. The molecule has 0 bridgehead atoms. The van der Waals surface area contributed by atoms with Gasteiger partial charge in [-0.3, -0.25) is 4.79 Å². The number of rotatable bonds is 2. The zero-order valence-corrected chi connectivity index (χ0v) is 9.28. The number of hydrogen-bond donors (Lipinski definition) is 1. The first-order chi connectivity index (χ1) is 7.28. The minimum atomic E-state index is -2.98. The van der Waals surface area contributed by atoms with E-state index in [4.69, 9.17) is 11.0 Å². The van der Waals surface area contributed by atoms with Gasteiger partial charge < -0.3 is 10.6 Å². The highest BCUT2D eigenvalue weighted by atomic mass is 19.3. The number of nitrogens with two attached hydrogens (primary N) is 1. The van der Waals surface area contributed by atoms with Crippen LogP contribution in [0.3, 0.4) is 0 Å². The lowest BCUT2D eigenvalue weighted by Crippen LogP contribution is -2.48. The van der Waals surface area contributed by atoms with Crippen molar-refractivity contribution in [3.05, 3.63) is 0 Å². The fourth-order valence-corrected chi connectivity index (χ4v) is 1.64. The quantitative estimate of drug-likeness (QED) is 0.761. The van der Waals surface area contributed by atoms with Gasteiger partial charge in [0.05, 0.1) is 18.7 Å². The summed E-state index contributed by atoms with van der Waals surface area (Å²) in [5, 5.41) is 8.72. The molecular weight excluding hydrogens is 216 g/mol. The van der Waals surface area contributed by atoms with Gasteiger partial charge in [0, 0.05) is 6.42 Å². The molecule has 1 unspecified atom stereocenters. The van der Waals surface area contributed by atoms with Gasteiger partial charge in [-0.05, 0) is 5.92 Å². The third-order valence-corrected chi connectivity index (χ3v) is 2.71. The van der Waals surface area contributed by atoms with E-state index in [0.29, 0.717) is 0 Å². The van der Waals surface area contributed by atoms with E-state index in [9.17, 15) is 13.6 Å². The number of nitriles is 1. The topological polar surface area (TPSA) is 70.1 Å². The number of hydrogen-bond acceptors (Lipinski definition) is 3. The van der Waals surface area contributed by atoms with Crippen LogP contribution in [-0.4, -0.2) is 35.4 Å². The maximum atomic E-state index is 13.1. The van der Waals surface area contributed by atoms with Crippen LogP contribution in [0.15, 0.2) is 0 Å². The van der Waals surface area contributed by atoms with Crippen molar-refractivity contribution in [3.8, 4) is 6.07 Å². The number of nitrogens with zero attached hydrogens (tertiary/aromatic N) is 2. The van der Waals surface area contributed by atoms with Crippen molar-refractivity contribution in [1.29, 1.82) is 5.26 Å². The van der Waals surface area contributed by atoms with Crippen molar-refractivity contribution in [3.63, 3.8) is 0 Å². The van der Waals surface area contributed by atoms with Gasteiger partial charge >= 0.3 is 0 Å². The second-order valence-corrected chi connectivity index (χ2v) is 4.44. The van der Waals surface area contributed by atoms with Crippen LogP contribution in [0.1, 0.15) is 20.3 Å². The second-order valence-electron chi connectivity index (χ2n) is 4.44. The number of amides is 1. The van der Waals surface area contributed by atoms with Gasteiger partial charge in [0.2, 0.25) is 5.91 Å². The fraction of sp³-hybridized carbons (Fsp3) is 0.800. The summed E-state index contributed by atoms with van der Waals surface area (Å²) in [5.74, 6) is -3.69. The lowest BCUT2D eigenvalue weighted by Gasteiger charge is -2.24. The molecule has 0 aromatic carbocycles. The molecule has 1 aliphatic rings. The molecule has 1 rings (SSSR count). The summed E-state index contributed by atoms with van der Waals surface area (Å²) >= 11 is 0. The molecule has 16 heavy (non-hydrogen) atoms. The van der Waals surface area contributed by atoms with Crippen molar-refractivity contribution in [2.24, 2.45) is 11.7 Å². The minimum absolute atomic E-state index is 0.138. The molecule has 0 aromatic heterocycles. The maximum absolute atomic E-state index is 13.1. The van der Waals surface area contributed by atoms with E-state index in [1.165, 1.54) is 0 Å². The summed E-state index contributed by atoms with van der Waals surface area (Å²) in [7, 11) is 0. The second kappa shape index (κ2) is 4.34. The average molecular weight is 231 g/mol. The third kappa shape index (κ3) is 2.47. The predicted octanol–water partition coefficient (Wildman–Crippen LogP) is 0.729. The predicted molar refractivity (Wildman–Crippen MR) is 53.5 cm³/mol. The van der Waals surface area contributed by atoms with E-state index in [2.05, 4.69) is 0 Å². The number of carbonyl (C=O) groups is 1. The first kappa shape index (κ1) is 12.8. The number of likely N-dealkylation sites (tertiary alicyclic amines) is 1. The Morgan fingerprint density at radius 2 is 2.19 bits per heavy atom. The average Bonchev–Trinajstić information content (AvgIpc) is 2.51. The van der Waals surface area contributed by atoms with Crippen LogP contribution in [0.4, 0.5) is 8.78 Å². The maximum Gasteiger partial charge on any atom is 0.268 e. The molecule has 1 heterocycles. The SMILES string of the molecule is CC(C)[C@H](N)C(=O)N1CC(F)(F)CC1C#N. The number of alkyl halides is 2. The molecule has 0 radical (unpaired) electrons. The molecule has 1 aliphatic heterocycles. The minimum Gasteiger partial charge on any atom is -0.320 e. The first-order valence-electron chi connectivity index (χ1n) is 5.12. The van der Waals surface area contributed by atoms with Gasteiger partial charge in [0.25, 0.3) is 5.92 Å². The molecule has 1 saturated heterocycles. The van der Waals surface area contributed by atoms with E-state index >= 15 is 0 Å². The Hall–Kier alpha value is -1.22. The van der Waals surface area contributed by atoms with Crippen molar-refractivity contribution in [2.75, 3.05) is 6.54 Å². The lowest BCUT2D eigenvalue weighted by molar-refractivity contribution is -0.134. The third-order valence-electron chi connectivity index (χ3n) is 2.71. The highest BCUT2D eigenvalue weighted by Gasteiger charge is 2.48. The van der Waals surface area contributed by atoms with E-state index < -0.39 is 36.9 Å². The van der Waals surface area contributed by atoms with E-state index in [0.717, 1.165) is 4.90 Å². The van der Waals surface area contributed by atoms with Crippen molar-refractivity contribution in [2.45, 2.75) is 38.3 Å². The number of halogens is 2. The molecule has 4 nitrogen and oxygen atoms in total. The lowest BCUT2D eigenvalue weighted by atomic mass is 10.0. The summed E-state index contributed by atoms with van der Waals surface area (Å²) in [6.45, 7) is 2.76. The van der Waals surface area contributed by atoms with Crippen LogP contribution in [0, 0.1) is 17.2 Å². The van der Waals surface area contributed by atoms with Gasteiger partial charge in [0.1, 0.15) is 6.04 Å². The monoisotopic (exact) mass is 231 g/mol. The van der Waals surface area contributed by atoms with Crippen LogP contribution in [0.2, 0.25) is 0 Å². The van der Waals surface area contributed by atoms with Crippen molar-refractivity contribution in [1.82, 2.24) is 4.90 Å². The summed E-state index contributed by atoms with van der Waals surface area (Å²) in [6, 6.07) is -0.178. The van der Waals surface area contributed by atoms with Crippen LogP contribution in [0.25, 0.3) is 0 Å². The molecule has 0 saturated carbocycles. The summed E-state index contributed by atoms with van der Waals surface area (Å²) in [4.78, 5) is 12.7. The summed E-state index contributed by atoms with van der Waals surface area (Å²) < 4.78 is 26.1. The Labute approximate surface area is 93.0 Å². The summed E-state index contributed by atoms with van der Waals surface area (Å²) in [6.07, 6.45) is -0.597. The van der Waals surface area contributed by atoms with Crippen LogP contribution in [0.5, 0.6) is 0 Å².